The molecule has 0 aliphatic carbocycles. The molecule has 1 aliphatic heterocycles. The van der Waals surface area contributed by atoms with Crippen LogP contribution in [0.15, 0.2) is 72.8 Å². The minimum Gasteiger partial charge on any atom is -0.301 e. The summed E-state index contributed by atoms with van der Waals surface area (Å²) in [6.07, 6.45) is 0. The molecule has 5 rings (SSSR count). The van der Waals surface area contributed by atoms with Crippen LogP contribution in [0.2, 0.25) is 5.15 Å². The number of likely N-dealkylation sites (N-methyl/N-ethyl adjacent to an activating group) is 1. The summed E-state index contributed by atoms with van der Waals surface area (Å²) in [5.41, 5.74) is 6.05. The van der Waals surface area contributed by atoms with Crippen LogP contribution in [-0.2, 0) is 6.54 Å². The molecule has 1 aliphatic rings. The summed E-state index contributed by atoms with van der Waals surface area (Å²) >= 11 is 5.88. The lowest BCUT2D eigenvalue weighted by molar-refractivity contribution is 0.295. The van der Waals surface area contributed by atoms with Crippen LogP contribution < -0.4 is 0 Å². The number of rotatable bonds is 2. The first-order valence-electron chi connectivity index (χ1n) is 9.47. The van der Waals surface area contributed by atoms with E-state index in [-0.39, 0.29) is 0 Å². The van der Waals surface area contributed by atoms with Crippen molar-refractivity contribution in [2.75, 3.05) is 13.6 Å². The van der Waals surface area contributed by atoms with Gasteiger partial charge in [0.25, 0.3) is 0 Å². The Kier molecular flexibility index (Phi) is 4.34. The Morgan fingerprint density at radius 1 is 0.893 bits per heavy atom. The lowest BCUT2D eigenvalue weighted by Crippen LogP contribution is -2.31. The zero-order valence-electron chi connectivity index (χ0n) is 15.6. The smallest absolute Gasteiger partial charge is 0.151 e. The van der Waals surface area contributed by atoms with Crippen molar-refractivity contribution in [3.63, 3.8) is 0 Å². The van der Waals surface area contributed by atoms with Crippen LogP contribution in [0.25, 0.3) is 22.0 Å². The highest BCUT2D eigenvalue weighted by atomic mass is 35.5. The molecule has 0 fully saturated rings. The average molecular weight is 386 g/mol. The van der Waals surface area contributed by atoms with Gasteiger partial charge in [0.2, 0.25) is 0 Å². The third kappa shape index (κ3) is 3.17. The number of halogens is 1. The summed E-state index contributed by atoms with van der Waals surface area (Å²) in [4.78, 5) is 2.39. The zero-order valence-corrected chi connectivity index (χ0v) is 16.4. The van der Waals surface area contributed by atoms with E-state index in [1.54, 1.807) is 6.07 Å². The molecule has 1 atom stereocenters. The van der Waals surface area contributed by atoms with Crippen LogP contribution in [0.3, 0.4) is 0 Å². The minimum absolute atomic E-state index is 0.365. The second-order valence-electron chi connectivity index (χ2n) is 7.51. The zero-order chi connectivity index (χ0) is 19.1. The average Bonchev–Trinajstić information content (AvgIpc) is 2.73. The standard InChI is InChI=1S/C24H20ClN3/c1-28-14-20-13-19(23-10-11-24(25)27-26-23)8-9-21(20)22(15-28)18-7-6-16-4-2-3-5-17(16)12-18/h2-13,22H,14-15H2,1H3/t22-/m0/s1. The molecule has 1 aromatic heterocycles. The van der Waals surface area contributed by atoms with Crippen LogP contribution in [0.1, 0.15) is 22.6 Å². The maximum atomic E-state index is 5.88. The molecule has 0 saturated heterocycles. The van der Waals surface area contributed by atoms with Crippen LogP contribution in [0.5, 0.6) is 0 Å². The van der Waals surface area contributed by atoms with Gasteiger partial charge in [0.15, 0.2) is 5.15 Å². The number of nitrogens with zero attached hydrogens (tertiary/aromatic N) is 3. The van der Waals surface area contributed by atoms with E-state index in [4.69, 9.17) is 11.6 Å². The molecule has 2 heterocycles. The van der Waals surface area contributed by atoms with Gasteiger partial charge in [0.1, 0.15) is 0 Å². The molecule has 0 unspecified atom stereocenters. The summed E-state index contributed by atoms with van der Waals surface area (Å²) < 4.78 is 0. The summed E-state index contributed by atoms with van der Waals surface area (Å²) in [6, 6.07) is 25.7. The highest BCUT2D eigenvalue weighted by Crippen LogP contribution is 2.36. The SMILES string of the molecule is CN1Cc2cc(-c3ccc(Cl)nn3)ccc2[C@H](c2ccc3ccccc3c2)C1. The molecule has 138 valence electrons. The highest BCUT2D eigenvalue weighted by Gasteiger charge is 2.25. The van der Waals surface area contributed by atoms with E-state index in [0.717, 1.165) is 24.3 Å². The molecule has 0 spiro atoms. The molecule has 0 N–H and O–H groups in total. The molecule has 3 aromatic carbocycles. The van der Waals surface area contributed by atoms with Gasteiger partial charge >= 0.3 is 0 Å². The quantitative estimate of drug-likeness (QED) is 0.454. The van der Waals surface area contributed by atoms with Gasteiger partial charge in [-0.25, -0.2) is 0 Å². The number of benzene rings is 3. The van der Waals surface area contributed by atoms with E-state index < -0.39 is 0 Å². The second kappa shape index (κ2) is 7.01. The van der Waals surface area contributed by atoms with Gasteiger partial charge in [0.05, 0.1) is 5.69 Å². The van der Waals surface area contributed by atoms with Crippen molar-refractivity contribution in [3.8, 4) is 11.3 Å². The van der Waals surface area contributed by atoms with Crippen molar-refractivity contribution in [1.82, 2.24) is 15.1 Å². The van der Waals surface area contributed by atoms with E-state index in [1.165, 1.54) is 27.5 Å². The summed E-state index contributed by atoms with van der Waals surface area (Å²) in [5, 5.41) is 11.2. The summed E-state index contributed by atoms with van der Waals surface area (Å²) in [5.74, 6) is 0.365. The van der Waals surface area contributed by atoms with Crippen LogP contribution in [0, 0.1) is 0 Å². The highest BCUT2D eigenvalue weighted by molar-refractivity contribution is 6.29. The molecule has 0 radical (unpaired) electrons. The minimum atomic E-state index is 0.365. The molecule has 0 saturated carbocycles. The Labute approximate surface area is 169 Å². The number of aromatic nitrogens is 2. The number of hydrogen-bond acceptors (Lipinski definition) is 3. The summed E-state index contributed by atoms with van der Waals surface area (Å²) in [6.45, 7) is 1.96. The number of hydrogen-bond donors (Lipinski definition) is 0. The monoisotopic (exact) mass is 385 g/mol. The van der Waals surface area contributed by atoms with E-state index >= 15 is 0 Å². The van der Waals surface area contributed by atoms with E-state index in [0.29, 0.717) is 11.1 Å². The molecule has 4 heteroatoms. The van der Waals surface area contributed by atoms with Crippen LogP contribution >= 0.6 is 11.6 Å². The topological polar surface area (TPSA) is 29.0 Å². The normalized spacial score (nSPS) is 16.9. The fraction of sp³-hybridized carbons (Fsp3) is 0.167. The van der Waals surface area contributed by atoms with Gasteiger partial charge in [-0.2, -0.15) is 0 Å². The lowest BCUT2D eigenvalue weighted by Gasteiger charge is -2.33. The van der Waals surface area contributed by atoms with Gasteiger partial charge in [0, 0.05) is 24.6 Å². The molecule has 3 nitrogen and oxygen atoms in total. The van der Waals surface area contributed by atoms with Crippen LogP contribution in [0.4, 0.5) is 0 Å². The van der Waals surface area contributed by atoms with E-state index in [9.17, 15) is 0 Å². The lowest BCUT2D eigenvalue weighted by atomic mass is 9.83. The summed E-state index contributed by atoms with van der Waals surface area (Å²) in [7, 11) is 2.19. The third-order valence-corrected chi connectivity index (χ3v) is 5.76. The first-order valence-corrected chi connectivity index (χ1v) is 9.85. The predicted octanol–water partition coefficient (Wildman–Crippen LogP) is 5.53. The maximum absolute atomic E-state index is 5.88. The van der Waals surface area contributed by atoms with Crippen molar-refractivity contribution in [2.45, 2.75) is 12.5 Å². The van der Waals surface area contributed by atoms with Crippen molar-refractivity contribution in [1.29, 1.82) is 0 Å². The van der Waals surface area contributed by atoms with Gasteiger partial charge < -0.3 is 4.90 Å². The molecule has 28 heavy (non-hydrogen) atoms. The first kappa shape index (κ1) is 17.4. The van der Waals surface area contributed by atoms with Gasteiger partial charge in [-0.15, -0.1) is 10.2 Å². The Balaban J connectivity index is 1.57. The van der Waals surface area contributed by atoms with E-state index in [2.05, 4.69) is 82.8 Å². The van der Waals surface area contributed by atoms with Gasteiger partial charge in [-0.05, 0) is 52.7 Å². The molecule has 0 amide bonds. The third-order valence-electron chi connectivity index (χ3n) is 5.56. The van der Waals surface area contributed by atoms with Crippen molar-refractivity contribution in [3.05, 3.63) is 94.6 Å². The van der Waals surface area contributed by atoms with Gasteiger partial charge in [-0.1, -0.05) is 66.2 Å². The van der Waals surface area contributed by atoms with Crippen molar-refractivity contribution in [2.24, 2.45) is 0 Å². The Hall–Kier alpha value is -2.75. The van der Waals surface area contributed by atoms with Crippen molar-refractivity contribution < 1.29 is 0 Å². The molecule has 0 bridgehead atoms. The molecule has 4 aromatic rings. The first-order chi connectivity index (χ1) is 13.7. The Morgan fingerprint density at radius 2 is 1.75 bits per heavy atom. The predicted molar refractivity (Wildman–Crippen MR) is 115 cm³/mol. The number of fused-ring (bicyclic) bond motifs is 2. The fourth-order valence-electron chi connectivity index (χ4n) is 4.19. The fourth-order valence-corrected chi connectivity index (χ4v) is 4.29. The molecular weight excluding hydrogens is 366 g/mol. The van der Waals surface area contributed by atoms with E-state index in [1.807, 2.05) is 6.07 Å². The van der Waals surface area contributed by atoms with Crippen molar-refractivity contribution >= 4 is 22.4 Å². The Morgan fingerprint density at radius 3 is 2.57 bits per heavy atom. The Bertz CT molecular complexity index is 1150. The second-order valence-corrected chi connectivity index (χ2v) is 7.90. The molecular formula is C24H20ClN3. The van der Waals surface area contributed by atoms with Crippen LogP contribution in [-0.4, -0.2) is 28.7 Å². The largest absolute Gasteiger partial charge is 0.301 e. The van der Waals surface area contributed by atoms with Gasteiger partial charge in [-0.3, -0.25) is 0 Å². The maximum Gasteiger partial charge on any atom is 0.151 e.